The van der Waals surface area contributed by atoms with Gasteiger partial charge in [-0.3, -0.25) is 9.59 Å². The first-order chi connectivity index (χ1) is 15.0. The molecule has 1 amide bonds. The van der Waals surface area contributed by atoms with Gasteiger partial charge in [-0.25, -0.2) is 4.39 Å². The van der Waals surface area contributed by atoms with Crippen molar-refractivity contribution in [2.24, 2.45) is 0 Å². The Morgan fingerprint density at radius 1 is 1.16 bits per heavy atom. The molecule has 2 heterocycles. The molecule has 162 valence electrons. The number of nitrogens with zero attached hydrogens (tertiary/aromatic N) is 1. The minimum atomic E-state index is -0.773. The van der Waals surface area contributed by atoms with Gasteiger partial charge >= 0.3 is 0 Å². The van der Waals surface area contributed by atoms with Crippen LogP contribution in [0.4, 0.5) is 4.39 Å². The van der Waals surface area contributed by atoms with Gasteiger partial charge < -0.3 is 19.5 Å². The Morgan fingerprint density at radius 2 is 1.87 bits per heavy atom. The van der Waals surface area contributed by atoms with Gasteiger partial charge in [-0.15, -0.1) is 0 Å². The number of aliphatic hydroxyl groups is 1. The molecule has 7 heteroatoms. The van der Waals surface area contributed by atoms with Crippen molar-refractivity contribution >= 4 is 17.4 Å². The Balaban J connectivity index is 1.78. The number of carbonyl (C=O) groups is 2. The molecule has 0 aromatic heterocycles. The molecule has 0 aliphatic carbocycles. The Labute approximate surface area is 179 Å². The lowest BCUT2D eigenvalue weighted by atomic mass is 9.95. The van der Waals surface area contributed by atoms with Gasteiger partial charge in [0.15, 0.2) is 0 Å². The molecule has 6 nitrogen and oxygen atoms in total. The number of hydrogen-bond donors (Lipinski definition) is 1. The molecule has 2 aliphatic heterocycles. The second kappa shape index (κ2) is 8.89. The summed E-state index contributed by atoms with van der Waals surface area (Å²) in [5.74, 6) is -1.57. The third kappa shape index (κ3) is 4.18. The molecule has 0 spiro atoms. The Morgan fingerprint density at radius 3 is 2.48 bits per heavy atom. The number of rotatable bonds is 6. The zero-order chi connectivity index (χ0) is 22.0. The highest BCUT2D eigenvalue weighted by atomic mass is 19.1. The molecule has 0 bridgehead atoms. The van der Waals surface area contributed by atoms with E-state index in [4.69, 9.17) is 9.47 Å². The predicted molar refractivity (Wildman–Crippen MR) is 112 cm³/mol. The van der Waals surface area contributed by atoms with E-state index in [1.807, 2.05) is 6.92 Å². The molecular weight excluding hydrogens is 401 g/mol. The van der Waals surface area contributed by atoms with Gasteiger partial charge in [0.05, 0.1) is 24.3 Å². The number of carbonyl (C=O) groups excluding carboxylic acids is 2. The fourth-order valence-electron chi connectivity index (χ4n) is 4.10. The second-order valence-electron chi connectivity index (χ2n) is 7.60. The monoisotopic (exact) mass is 425 g/mol. The largest absolute Gasteiger partial charge is 0.507 e. The number of halogens is 1. The van der Waals surface area contributed by atoms with Crippen LogP contribution in [0.5, 0.6) is 5.75 Å². The molecule has 2 aromatic rings. The highest BCUT2D eigenvalue weighted by molar-refractivity contribution is 6.46. The van der Waals surface area contributed by atoms with E-state index in [-0.39, 0.29) is 29.5 Å². The van der Waals surface area contributed by atoms with Crippen LogP contribution < -0.4 is 4.74 Å². The van der Waals surface area contributed by atoms with Crippen molar-refractivity contribution in [1.29, 1.82) is 0 Å². The van der Waals surface area contributed by atoms with E-state index in [0.29, 0.717) is 24.5 Å². The van der Waals surface area contributed by atoms with Crippen molar-refractivity contribution in [1.82, 2.24) is 4.90 Å². The van der Waals surface area contributed by atoms with Crippen LogP contribution in [0.2, 0.25) is 0 Å². The number of hydrogen-bond acceptors (Lipinski definition) is 5. The van der Waals surface area contributed by atoms with Crippen molar-refractivity contribution in [3.63, 3.8) is 0 Å². The van der Waals surface area contributed by atoms with E-state index in [2.05, 4.69) is 0 Å². The molecule has 2 aromatic carbocycles. The summed E-state index contributed by atoms with van der Waals surface area (Å²) < 4.78 is 24.5. The minimum absolute atomic E-state index is 0.0150. The predicted octanol–water partition coefficient (Wildman–Crippen LogP) is 3.83. The average molecular weight is 425 g/mol. The number of ketones is 1. The fraction of sp³-hybridized carbons (Fsp3) is 0.333. The van der Waals surface area contributed by atoms with Gasteiger partial charge in [-0.05, 0) is 61.7 Å². The first-order valence-corrected chi connectivity index (χ1v) is 10.4. The Hall–Kier alpha value is -3.19. The molecular formula is C24H24FNO5. The highest BCUT2D eigenvalue weighted by Gasteiger charge is 2.47. The van der Waals surface area contributed by atoms with Crippen LogP contribution in [-0.4, -0.2) is 47.6 Å². The maximum atomic E-state index is 13.3. The molecule has 2 atom stereocenters. The number of likely N-dealkylation sites (tertiary alicyclic amines) is 1. The summed E-state index contributed by atoms with van der Waals surface area (Å²) in [6.45, 7) is 3.27. The van der Waals surface area contributed by atoms with Crippen molar-refractivity contribution in [2.45, 2.75) is 31.9 Å². The summed E-state index contributed by atoms with van der Waals surface area (Å²) in [6.07, 6.45) is 1.55. The molecule has 31 heavy (non-hydrogen) atoms. The SMILES string of the molecule is CCOc1ccc(C2C(=C(O)c3ccc(F)cc3)C(=O)C(=O)N2CC2CCCO2)cc1. The van der Waals surface area contributed by atoms with E-state index in [9.17, 15) is 19.1 Å². The van der Waals surface area contributed by atoms with Crippen molar-refractivity contribution < 1.29 is 28.6 Å². The zero-order valence-electron chi connectivity index (χ0n) is 17.2. The summed E-state index contributed by atoms with van der Waals surface area (Å²) >= 11 is 0. The first kappa shape index (κ1) is 21.1. The van der Waals surface area contributed by atoms with Crippen LogP contribution in [0, 0.1) is 5.82 Å². The van der Waals surface area contributed by atoms with Gasteiger partial charge in [-0.2, -0.15) is 0 Å². The quantitative estimate of drug-likeness (QED) is 0.433. The second-order valence-corrected chi connectivity index (χ2v) is 7.60. The summed E-state index contributed by atoms with van der Waals surface area (Å²) in [4.78, 5) is 27.4. The van der Waals surface area contributed by atoms with Crippen LogP contribution in [0.1, 0.15) is 36.9 Å². The summed E-state index contributed by atoms with van der Waals surface area (Å²) in [7, 11) is 0. The third-order valence-corrected chi connectivity index (χ3v) is 5.59. The Bertz CT molecular complexity index is 994. The highest BCUT2D eigenvalue weighted by Crippen LogP contribution is 2.40. The van der Waals surface area contributed by atoms with Crippen molar-refractivity contribution in [2.75, 3.05) is 19.8 Å². The number of ether oxygens (including phenoxy) is 2. The van der Waals surface area contributed by atoms with Gasteiger partial charge in [0.2, 0.25) is 0 Å². The third-order valence-electron chi connectivity index (χ3n) is 5.59. The average Bonchev–Trinajstić information content (AvgIpc) is 3.37. The van der Waals surface area contributed by atoms with Gasteiger partial charge in [0.25, 0.3) is 11.7 Å². The lowest BCUT2D eigenvalue weighted by molar-refractivity contribution is -0.140. The van der Waals surface area contributed by atoms with Crippen LogP contribution in [0.25, 0.3) is 5.76 Å². The fourth-order valence-corrected chi connectivity index (χ4v) is 4.10. The summed E-state index contributed by atoms with van der Waals surface area (Å²) in [5, 5.41) is 11.0. The number of Topliss-reactive ketones (excluding diaryl/α,β-unsaturated/α-hetero) is 1. The van der Waals surface area contributed by atoms with Crippen molar-refractivity contribution in [3.05, 3.63) is 71.0 Å². The number of aliphatic hydroxyl groups excluding tert-OH is 1. The van der Waals surface area contributed by atoms with Crippen LogP contribution in [0.15, 0.2) is 54.1 Å². The minimum Gasteiger partial charge on any atom is -0.507 e. The molecule has 2 unspecified atom stereocenters. The molecule has 1 N–H and O–H groups in total. The van der Waals surface area contributed by atoms with E-state index in [1.165, 1.54) is 29.2 Å². The molecule has 2 aliphatic rings. The normalized spacial score (nSPS) is 22.8. The lowest BCUT2D eigenvalue weighted by Gasteiger charge is -2.27. The lowest BCUT2D eigenvalue weighted by Crippen LogP contribution is -2.36. The summed E-state index contributed by atoms with van der Waals surface area (Å²) in [5.41, 5.74) is 0.926. The summed E-state index contributed by atoms with van der Waals surface area (Å²) in [6, 6.07) is 11.5. The van der Waals surface area contributed by atoms with Gasteiger partial charge in [0.1, 0.15) is 17.3 Å². The van der Waals surface area contributed by atoms with E-state index in [1.54, 1.807) is 24.3 Å². The molecule has 2 fully saturated rings. The number of benzene rings is 2. The van der Waals surface area contributed by atoms with Gasteiger partial charge in [0, 0.05) is 18.7 Å². The molecule has 0 radical (unpaired) electrons. The molecule has 4 rings (SSSR count). The molecule has 2 saturated heterocycles. The topological polar surface area (TPSA) is 76.1 Å². The molecule has 0 saturated carbocycles. The van der Waals surface area contributed by atoms with Crippen LogP contribution in [-0.2, 0) is 14.3 Å². The van der Waals surface area contributed by atoms with Crippen LogP contribution in [0.3, 0.4) is 0 Å². The van der Waals surface area contributed by atoms with E-state index >= 15 is 0 Å². The Kier molecular flexibility index (Phi) is 6.04. The maximum absolute atomic E-state index is 13.3. The van der Waals surface area contributed by atoms with Crippen LogP contribution >= 0.6 is 0 Å². The standard InChI is InChI=1S/C24H24FNO5/c1-2-30-18-11-7-15(8-12-18)21-20(22(27)16-5-9-17(25)10-6-16)23(28)24(29)26(21)14-19-4-3-13-31-19/h5-12,19,21,27H,2-4,13-14H2,1H3. The zero-order valence-corrected chi connectivity index (χ0v) is 17.2. The first-order valence-electron chi connectivity index (χ1n) is 10.4. The van der Waals surface area contributed by atoms with Crippen molar-refractivity contribution in [3.8, 4) is 5.75 Å². The van der Waals surface area contributed by atoms with E-state index in [0.717, 1.165) is 12.8 Å². The number of amides is 1. The smallest absolute Gasteiger partial charge is 0.295 e. The maximum Gasteiger partial charge on any atom is 0.295 e. The van der Waals surface area contributed by atoms with E-state index < -0.39 is 23.5 Å². The van der Waals surface area contributed by atoms with Gasteiger partial charge in [-0.1, -0.05) is 12.1 Å².